The third-order valence-corrected chi connectivity index (χ3v) is 6.94. The van der Waals surface area contributed by atoms with Crippen LogP contribution in [-0.4, -0.2) is 43.5 Å². The van der Waals surface area contributed by atoms with Crippen molar-refractivity contribution >= 4 is 28.4 Å². The minimum atomic E-state index is -2.07. The SMILES string of the molecule is CC1(COc2c(N3CCC(S(=O)[O-])CC3)cnn(-c3cccc(Cl)c3)c2=O)CC1. The molecule has 2 aliphatic rings. The molecule has 29 heavy (non-hydrogen) atoms. The molecule has 1 aliphatic carbocycles. The second kappa shape index (κ2) is 8.08. The van der Waals surface area contributed by atoms with Crippen molar-refractivity contribution in [2.24, 2.45) is 5.41 Å². The number of hydrogen-bond acceptors (Lipinski definition) is 6. The molecule has 2 aromatic rings. The van der Waals surface area contributed by atoms with E-state index < -0.39 is 11.1 Å². The van der Waals surface area contributed by atoms with E-state index in [-0.39, 0.29) is 22.0 Å². The predicted molar refractivity (Wildman–Crippen MR) is 112 cm³/mol. The molecule has 4 rings (SSSR count). The molecule has 1 atom stereocenters. The molecule has 0 bridgehead atoms. The molecule has 2 fully saturated rings. The molecule has 156 valence electrons. The third-order valence-electron chi connectivity index (χ3n) is 5.69. The highest BCUT2D eigenvalue weighted by Gasteiger charge is 2.39. The third kappa shape index (κ3) is 4.49. The van der Waals surface area contributed by atoms with E-state index in [1.54, 1.807) is 30.5 Å². The summed E-state index contributed by atoms with van der Waals surface area (Å²) in [6.07, 6.45) is 4.82. The fourth-order valence-corrected chi connectivity index (χ4v) is 4.26. The number of ether oxygens (including phenoxy) is 1. The molecule has 7 nitrogen and oxygen atoms in total. The first-order valence-electron chi connectivity index (χ1n) is 9.70. The molecule has 1 saturated heterocycles. The molecule has 0 N–H and O–H groups in total. The van der Waals surface area contributed by atoms with Gasteiger partial charge in [0.2, 0.25) is 5.75 Å². The van der Waals surface area contributed by atoms with Gasteiger partial charge in [-0.2, -0.15) is 9.78 Å². The van der Waals surface area contributed by atoms with E-state index in [0.29, 0.717) is 48.9 Å². The van der Waals surface area contributed by atoms with Gasteiger partial charge in [0, 0.05) is 28.8 Å². The smallest absolute Gasteiger partial charge is 0.316 e. The Bertz CT molecular complexity index is 984. The van der Waals surface area contributed by atoms with E-state index in [4.69, 9.17) is 16.3 Å². The minimum absolute atomic E-state index is 0.111. The molecule has 0 radical (unpaired) electrons. The molecular weight excluding hydrogens is 414 g/mol. The number of nitrogens with zero attached hydrogens (tertiary/aromatic N) is 3. The quantitative estimate of drug-likeness (QED) is 0.647. The Labute approximate surface area is 176 Å². The van der Waals surface area contributed by atoms with Crippen molar-refractivity contribution in [2.45, 2.75) is 37.9 Å². The molecule has 1 aromatic heterocycles. The molecule has 1 aliphatic heterocycles. The van der Waals surface area contributed by atoms with Crippen molar-refractivity contribution in [1.82, 2.24) is 9.78 Å². The first kappa shape index (κ1) is 20.4. The maximum Gasteiger partial charge on any atom is 0.316 e. The monoisotopic (exact) mass is 436 g/mol. The largest absolute Gasteiger partial charge is 0.772 e. The van der Waals surface area contributed by atoms with Gasteiger partial charge >= 0.3 is 5.56 Å². The summed E-state index contributed by atoms with van der Waals surface area (Å²) in [4.78, 5) is 15.3. The summed E-state index contributed by atoms with van der Waals surface area (Å²) in [6, 6.07) is 6.94. The van der Waals surface area contributed by atoms with E-state index in [0.717, 1.165) is 12.8 Å². The second-order valence-electron chi connectivity index (χ2n) is 8.10. The summed E-state index contributed by atoms with van der Waals surface area (Å²) < 4.78 is 29.8. The van der Waals surface area contributed by atoms with Gasteiger partial charge < -0.3 is 14.2 Å². The number of hydrogen-bond donors (Lipinski definition) is 0. The first-order chi connectivity index (χ1) is 13.9. The fraction of sp³-hybridized carbons (Fsp3) is 0.500. The normalized spacial score (nSPS) is 19.8. The highest BCUT2D eigenvalue weighted by molar-refractivity contribution is 7.79. The summed E-state index contributed by atoms with van der Waals surface area (Å²) in [5, 5.41) is 4.51. The van der Waals surface area contributed by atoms with E-state index in [2.05, 4.69) is 12.0 Å². The molecule has 0 spiro atoms. The summed E-state index contributed by atoms with van der Waals surface area (Å²) in [5.74, 6) is 0.259. The Morgan fingerprint density at radius 2 is 2.07 bits per heavy atom. The number of piperidine rings is 1. The van der Waals surface area contributed by atoms with Gasteiger partial charge in [-0.1, -0.05) is 35.7 Å². The predicted octanol–water partition coefficient (Wildman–Crippen LogP) is 2.91. The number of anilines is 1. The van der Waals surface area contributed by atoms with Crippen LogP contribution < -0.4 is 15.2 Å². The van der Waals surface area contributed by atoms with Crippen molar-refractivity contribution in [3.05, 3.63) is 45.8 Å². The minimum Gasteiger partial charge on any atom is -0.772 e. The highest BCUT2D eigenvalue weighted by Crippen LogP contribution is 2.45. The average Bonchev–Trinajstić information content (AvgIpc) is 3.44. The van der Waals surface area contributed by atoms with Crippen LogP contribution in [0, 0.1) is 5.41 Å². The molecule has 1 unspecified atom stereocenters. The standard InChI is InChI=1S/C20H24ClN3O4S/c1-20(7-8-20)13-28-18-17(23-9-5-16(6-10-23)29(26)27)12-22-24(19(18)25)15-4-2-3-14(21)11-15/h2-4,11-12,16H,5-10,13H2,1H3,(H,26,27)/p-1. The number of aromatic nitrogens is 2. The zero-order chi connectivity index (χ0) is 20.6. The Morgan fingerprint density at radius 3 is 2.69 bits per heavy atom. The second-order valence-corrected chi connectivity index (χ2v) is 9.73. The maximum absolute atomic E-state index is 13.3. The molecule has 1 saturated carbocycles. The molecule has 0 amide bonds. The maximum atomic E-state index is 13.3. The van der Waals surface area contributed by atoms with E-state index in [1.807, 2.05) is 4.90 Å². The van der Waals surface area contributed by atoms with E-state index in [1.165, 1.54) is 4.68 Å². The van der Waals surface area contributed by atoms with Crippen LogP contribution in [0.15, 0.2) is 35.3 Å². The van der Waals surface area contributed by atoms with Crippen LogP contribution in [0.5, 0.6) is 5.75 Å². The van der Waals surface area contributed by atoms with E-state index in [9.17, 15) is 13.6 Å². The van der Waals surface area contributed by atoms with Crippen LogP contribution in [0.25, 0.3) is 5.69 Å². The van der Waals surface area contributed by atoms with Gasteiger partial charge in [0.1, 0.15) is 5.69 Å². The Hall–Kier alpha value is -1.90. The summed E-state index contributed by atoms with van der Waals surface area (Å²) in [6.45, 7) is 3.68. The summed E-state index contributed by atoms with van der Waals surface area (Å²) in [7, 11) is 0. The number of benzene rings is 1. The van der Waals surface area contributed by atoms with Gasteiger partial charge in [-0.25, -0.2) is 0 Å². The van der Waals surface area contributed by atoms with E-state index >= 15 is 0 Å². The summed E-state index contributed by atoms with van der Waals surface area (Å²) >= 11 is 4.00. The van der Waals surface area contributed by atoms with Crippen molar-refractivity contribution < 1.29 is 13.5 Å². The number of halogens is 1. The van der Waals surface area contributed by atoms with Gasteiger partial charge in [-0.15, -0.1) is 0 Å². The van der Waals surface area contributed by atoms with Crippen LogP contribution in [0.3, 0.4) is 0 Å². The van der Waals surface area contributed by atoms with Crippen LogP contribution in [0.2, 0.25) is 5.02 Å². The van der Waals surface area contributed by atoms with Gasteiger partial charge in [0.25, 0.3) is 0 Å². The highest BCUT2D eigenvalue weighted by atomic mass is 35.5. The van der Waals surface area contributed by atoms with Gasteiger partial charge in [0.05, 0.1) is 18.5 Å². The van der Waals surface area contributed by atoms with Crippen LogP contribution in [-0.2, 0) is 11.1 Å². The van der Waals surface area contributed by atoms with Crippen LogP contribution in [0.1, 0.15) is 32.6 Å². The average molecular weight is 437 g/mol. The lowest BCUT2D eigenvalue weighted by Gasteiger charge is -2.34. The van der Waals surface area contributed by atoms with Crippen molar-refractivity contribution in [3.8, 4) is 11.4 Å². The van der Waals surface area contributed by atoms with Crippen LogP contribution >= 0.6 is 11.6 Å². The molecule has 1 aromatic carbocycles. The fourth-order valence-electron chi connectivity index (χ4n) is 3.48. The lowest BCUT2D eigenvalue weighted by atomic mass is 10.1. The Balaban J connectivity index is 1.68. The van der Waals surface area contributed by atoms with Crippen molar-refractivity contribution in [1.29, 1.82) is 0 Å². The van der Waals surface area contributed by atoms with Crippen molar-refractivity contribution in [3.63, 3.8) is 0 Å². The zero-order valence-electron chi connectivity index (χ0n) is 16.2. The van der Waals surface area contributed by atoms with Crippen LogP contribution in [0.4, 0.5) is 5.69 Å². The first-order valence-corrected chi connectivity index (χ1v) is 11.2. The lowest BCUT2D eigenvalue weighted by molar-refractivity contribution is 0.243. The van der Waals surface area contributed by atoms with Gasteiger partial charge in [-0.3, -0.25) is 9.00 Å². The van der Waals surface area contributed by atoms with Crippen molar-refractivity contribution in [2.75, 3.05) is 24.6 Å². The molecular formula is C20H23ClN3O4S-. The number of rotatable bonds is 6. The molecule has 9 heteroatoms. The summed E-state index contributed by atoms with van der Waals surface area (Å²) in [5.41, 5.74) is 0.952. The topological polar surface area (TPSA) is 87.5 Å². The molecule has 2 heterocycles. The van der Waals surface area contributed by atoms with Gasteiger partial charge in [-0.05, 0) is 43.9 Å². The Kier molecular flexibility index (Phi) is 5.68. The lowest BCUT2D eigenvalue weighted by Crippen LogP contribution is -2.39. The zero-order valence-corrected chi connectivity index (χ0v) is 17.7. The Morgan fingerprint density at radius 1 is 1.34 bits per heavy atom. The van der Waals surface area contributed by atoms with Gasteiger partial charge in [0.15, 0.2) is 0 Å².